The number of hydrogen-bond donors (Lipinski definition) is 2. The Balaban J connectivity index is 1.80. The van der Waals surface area contributed by atoms with Crippen LogP contribution in [0.5, 0.6) is 0 Å². The van der Waals surface area contributed by atoms with Crippen LogP contribution in [0.2, 0.25) is 0 Å². The molecule has 0 heterocycles. The van der Waals surface area contributed by atoms with Crippen LogP contribution in [0.25, 0.3) is 0 Å². The number of para-hydroxylation sites is 1. The molecule has 1 aromatic carbocycles. The SMILES string of the molecule is CC(C)(C)c1ccccc1NC(=O)C1C2CCC(C2)C1N. The maximum Gasteiger partial charge on any atom is 0.229 e. The Hall–Kier alpha value is -1.35. The Bertz CT molecular complexity index is 544. The maximum atomic E-state index is 12.7. The molecule has 1 aromatic rings. The van der Waals surface area contributed by atoms with Gasteiger partial charge in [-0.25, -0.2) is 0 Å². The molecule has 3 rings (SSSR count). The Morgan fingerprint density at radius 3 is 2.48 bits per heavy atom. The van der Waals surface area contributed by atoms with Crippen molar-refractivity contribution in [3.8, 4) is 0 Å². The fraction of sp³-hybridized carbons (Fsp3) is 0.611. The van der Waals surface area contributed by atoms with Gasteiger partial charge in [-0.15, -0.1) is 0 Å². The molecule has 0 radical (unpaired) electrons. The predicted molar refractivity (Wildman–Crippen MR) is 86.1 cm³/mol. The zero-order chi connectivity index (χ0) is 15.2. The van der Waals surface area contributed by atoms with Gasteiger partial charge in [-0.2, -0.15) is 0 Å². The van der Waals surface area contributed by atoms with Crippen LogP contribution in [-0.4, -0.2) is 11.9 Å². The number of amides is 1. The molecule has 2 saturated carbocycles. The number of hydrogen-bond acceptors (Lipinski definition) is 2. The fourth-order valence-corrected chi connectivity index (χ4v) is 4.19. The van der Waals surface area contributed by atoms with Crippen LogP contribution in [-0.2, 0) is 10.2 Å². The molecule has 0 spiro atoms. The number of nitrogens with two attached hydrogens (primary N) is 1. The van der Waals surface area contributed by atoms with E-state index in [2.05, 4.69) is 32.2 Å². The largest absolute Gasteiger partial charge is 0.327 e. The standard InChI is InChI=1S/C18H26N2O/c1-18(2,3)13-6-4-5-7-14(13)20-17(21)15-11-8-9-12(10-11)16(15)19/h4-7,11-12,15-16H,8-10,19H2,1-3H3,(H,20,21). The Morgan fingerprint density at radius 2 is 1.86 bits per heavy atom. The molecule has 2 fully saturated rings. The van der Waals surface area contributed by atoms with Crippen LogP contribution in [0.3, 0.4) is 0 Å². The summed E-state index contributed by atoms with van der Waals surface area (Å²) in [4.78, 5) is 12.7. The van der Waals surface area contributed by atoms with E-state index in [1.807, 2.05) is 18.2 Å². The van der Waals surface area contributed by atoms with Crippen molar-refractivity contribution in [2.75, 3.05) is 5.32 Å². The molecule has 3 nitrogen and oxygen atoms in total. The lowest BCUT2D eigenvalue weighted by Gasteiger charge is -2.28. The van der Waals surface area contributed by atoms with Crippen LogP contribution >= 0.6 is 0 Å². The van der Waals surface area contributed by atoms with Crippen LogP contribution in [0, 0.1) is 17.8 Å². The van der Waals surface area contributed by atoms with E-state index in [0.29, 0.717) is 11.8 Å². The molecule has 3 N–H and O–H groups in total. The normalized spacial score (nSPS) is 31.4. The number of nitrogens with one attached hydrogen (secondary N) is 1. The molecule has 0 aliphatic heterocycles. The Labute approximate surface area is 127 Å². The molecule has 2 aliphatic carbocycles. The van der Waals surface area contributed by atoms with Crippen molar-refractivity contribution in [1.82, 2.24) is 0 Å². The quantitative estimate of drug-likeness (QED) is 0.876. The highest BCUT2D eigenvalue weighted by Gasteiger charge is 2.49. The lowest BCUT2D eigenvalue weighted by atomic mass is 9.83. The lowest BCUT2D eigenvalue weighted by molar-refractivity contribution is -0.121. The summed E-state index contributed by atoms with van der Waals surface area (Å²) in [5.41, 5.74) is 8.41. The summed E-state index contributed by atoms with van der Waals surface area (Å²) in [5, 5.41) is 3.16. The molecule has 3 heteroatoms. The summed E-state index contributed by atoms with van der Waals surface area (Å²) in [6, 6.07) is 8.14. The summed E-state index contributed by atoms with van der Waals surface area (Å²) >= 11 is 0. The topological polar surface area (TPSA) is 55.1 Å². The highest BCUT2D eigenvalue weighted by Crippen LogP contribution is 2.48. The number of fused-ring (bicyclic) bond motifs is 2. The van der Waals surface area contributed by atoms with Crippen molar-refractivity contribution >= 4 is 11.6 Å². The molecule has 1 amide bonds. The second kappa shape index (κ2) is 5.13. The first-order valence-electron chi connectivity index (χ1n) is 8.04. The van der Waals surface area contributed by atoms with Crippen LogP contribution < -0.4 is 11.1 Å². The Kier molecular flexibility index (Phi) is 3.56. The third-order valence-corrected chi connectivity index (χ3v) is 5.28. The summed E-state index contributed by atoms with van der Waals surface area (Å²) in [7, 11) is 0. The molecule has 114 valence electrons. The minimum absolute atomic E-state index is 0.00299. The van der Waals surface area contributed by atoms with Crippen LogP contribution in [0.4, 0.5) is 5.69 Å². The van der Waals surface area contributed by atoms with Crippen molar-refractivity contribution in [2.45, 2.75) is 51.5 Å². The van der Waals surface area contributed by atoms with Gasteiger partial charge in [0.15, 0.2) is 0 Å². The lowest BCUT2D eigenvalue weighted by Crippen LogP contribution is -2.42. The van der Waals surface area contributed by atoms with Gasteiger partial charge in [-0.3, -0.25) is 4.79 Å². The monoisotopic (exact) mass is 286 g/mol. The first-order chi connectivity index (χ1) is 9.88. The number of carbonyl (C=O) groups is 1. The number of benzene rings is 1. The molecule has 2 bridgehead atoms. The van der Waals surface area contributed by atoms with Gasteiger partial charge in [0.05, 0.1) is 5.92 Å². The predicted octanol–water partition coefficient (Wildman–Crippen LogP) is 3.30. The van der Waals surface area contributed by atoms with E-state index in [4.69, 9.17) is 5.73 Å². The van der Waals surface area contributed by atoms with Crippen LogP contribution in [0.15, 0.2) is 24.3 Å². The highest BCUT2D eigenvalue weighted by atomic mass is 16.2. The first-order valence-corrected chi connectivity index (χ1v) is 8.04. The van der Waals surface area contributed by atoms with Gasteiger partial charge in [0, 0.05) is 11.7 Å². The van der Waals surface area contributed by atoms with E-state index in [0.717, 1.165) is 18.5 Å². The van der Waals surface area contributed by atoms with E-state index >= 15 is 0 Å². The molecule has 0 saturated heterocycles. The van der Waals surface area contributed by atoms with E-state index in [-0.39, 0.29) is 23.3 Å². The van der Waals surface area contributed by atoms with E-state index in [1.165, 1.54) is 12.0 Å². The van der Waals surface area contributed by atoms with Gasteiger partial charge in [0.1, 0.15) is 0 Å². The molecule has 2 aliphatic rings. The van der Waals surface area contributed by atoms with Gasteiger partial charge < -0.3 is 11.1 Å². The third-order valence-electron chi connectivity index (χ3n) is 5.28. The molecular formula is C18H26N2O. The molecular weight excluding hydrogens is 260 g/mol. The van der Waals surface area contributed by atoms with Crippen molar-refractivity contribution in [2.24, 2.45) is 23.5 Å². The number of carbonyl (C=O) groups excluding carboxylic acids is 1. The van der Waals surface area contributed by atoms with Crippen molar-refractivity contribution < 1.29 is 4.79 Å². The maximum absolute atomic E-state index is 12.7. The second-order valence-corrected chi connectivity index (χ2v) is 7.72. The summed E-state index contributed by atoms with van der Waals surface area (Å²) in [5.74, 6) is 1.17. The van der Waals surface area contributed by atoms with E-state index in [9.17, 15) is 4.79 Å². The zero-order valence-electron chi connectivity index (χ0n) is 13.2. The molecule has 4 unspecified atom stereocenters. The van der Waals surface area contributed by atoms with Gasteiger partial charge in [-0.05, 0) is 48.1 Å². The minimum Gasteiger partial charge on any atom is -0.327 e. The van der Waals surface area contributed by atoms with Crippen molar-refractivity contribution in [3.05, 3.63) is 29.8 Å². The minimum atomic E-state index is -0.00299. The molecule has 21 heavy (non-hydrogen) atoms. The van der Waals surface area contributed by atoms with Crippen LogP contribution in [0.1, 0.15) is 45.6 Å². The van der Waals surface area contributed by atoms with E-state index in [1.54, 1.807) is 0 Å². The third kappa shape index (κ3) is 2.59. The van der Waals surface area contributed by atoms with Gasteiger partial charge in [-0.1, -0.05) is 39.0 Å². The first kappa shape index (κ1) is 14.6. The molecule has 0 aromatic heterocycles. The van der Waals surface area contributed by atoms with E-state index < -0.39 is 0 Å². The number of anilines is 1. The highest BCUT2D eigenvalue weighted by molar-refractivity contribution is 5.94. The Morgan fingerprint density at radius 1 is 1.19 bits per heavy atom. The average molecular weight is 286 g/mol. The van der Waals surface area contributed by atoms with Crippen molar-refractivity contribution in [1.29, 1.82) is 0 Å². The smallest absolute Gasteiger partial charge is 0.229 e. The van der Waals surface area contributed by atoms with Crippen molar-refractivity contribution in [3.63, 3.8) is 0 Å². The summed E-state index contributed by atoms with van der Waals surface area (Å²) in [6.07, 6.45) is 3.51. The fourth-order valence-electron chi connectivity index (χ4n) is 4.19. The van der Waals surface area contributed by atoms with Gasteiger partial charge in [0.25, 0.3) is 0 Å². The molecule has 4 atom stereocenters. The van der Waals surface area contributed by atoms with Gasteiger partial charge in [0.2, 0.25) is 5.91 Å². The number of rotatable bonds is 2. The average Bonchev–Trinajstić information content (AvgIpc) is 2.98. The zero-order valence-corrected chi connectivity index (χ0v) is 13.2. The van der Waals surface area contributed by atoms with Gasteiger partial charge >= 0.3 is 0 Å². The summed E-state index contributed by atoms with van der Waals surface area (Å²) in [6.45, 7) is 6.50. The summed E-state index contributed by atoms with van der Waals surface area (Å²) < 4.78 is 0. The second-order valence-electron chi connectivity index (χ2n) is 7.72.